The Morgan fingerprint density at radius 3 is 2.50 bits per heavy atom. The molecular formula is C3H5N2Na. The van der Waals surface area contributed by atoms with Crippen LogP contribution in [0.4, 0.5) is 0 Å². The third kappa shape index (κ3) is 1.70. The molecule has 0 N–H and O–H groups in total. The molecule has 1 rings (SSSR count). The van der Waals surface area contributed by atoms with Gasteiger partial charge < -0.3 is 0 Å². The van der Waals surface area contributed by atoms with E-state index < -0.39 is 0 Å². The number of aliphatic imine (C=N–C) groups is 2. The molecule has 0 aromatic heterocycles. The zero-order valence-electron chi connectivity index (χ0n) is 2.76. The summed E-state index contributed by atoms with van der Waals surface area (Å²) in [4.78, 5) is 7.40. The molecule has 0 radical (unpaired) electrons. The molecular weight excluding hydrogens is 87.0 g/mol. The fourth-order valence-electron chi connectivity index (χ4n) is 0.236. The van der Waals surface area contributed by atoms with Crippen molar-refractivity contribution in [2.45, 2.75) is 0 Å². The zero-order valence-corrected chi connectivity index (χ0v) is 2.76. The van der Waals surface area contributed by atoms with Crippen molar-refractivity contribution in [3.8, 4) is 0 Å². The van der Waals surface area contributed by atoms with E-state index in [4.69, 9.17) is 0 Å². The molecule has 0 amide bonds. The Hall–Kier alpha value is 0.340. The van der Waals surface area contributed by atoms with Crippen LogP contribution in [-0.2, 0) is 0 Å². The Bertz CT molecular complexity index is 66.9. The van der Waals surface area contributed by atoms with Gasteiger partial charge in [-0.15, -0.1) is 0 Å². The third-order valence-corrected chi connectivity index (χ3v) is 0.441. The third-order valence-electron chi connectivity index (χ3n) is 0.441. The van der Waals surface area contributed by atoms with Crippen molar-refractivity contribution in [2.24, 2.45) is 9.98 Å². The van der Waals surface area contributed by atoms with Crippen LogP contribution in [0.2, 0.25) is 0 Å². The summed E-state index contributed by atoms with van der Waals surface area (Å²) in [5, 5.41) is 0. The SMILES string of the molecule is C1=NC=NC1.[NaH]. The number of nitrogens with zero attached hydrogens (tertiary/aromatic N) is 2. The molecule has 3 heteroatoms. The first-order valence-electron chi connectivity index (χ1n) is 1.50. The molecule has 1 aliphatic heterocycles. The van der Waals surface area contributed by atoms with Gasteiger partial charge in [0.25, 0.3) is 0 Å². The molecule has 0 saturated heterocycles. The maximum atomic E-state index is 3.74. The van der Waals surface area contributed by atoms with Gasteiger partial charge in [0, 0.05) is 6.21 Å². The van der Waals surface area contributed by atoms with Crippen molar-refractivity contribution in [2.75, 3.05) is 6.54 Å². The second kappa shape index (κ2) is 3.53. The molecule has 0 spiro atoms. The molecule has 0 saturated carbocycles. The first kappa shape index (κ1) is 6.34. The van der Waals surface area contributed by atoms with Crippen LogP contribution in [0, 0.1) is 0 Å². The molecule has 0 bridgehead atoms. The van der Waals surface area contributed by atoms with Crippen LogP contribution in [0.15, 0.2) is 9.98 Å². The predicted molar refractivity (Wildman–Crippen MR) is 29.0 cm³/mol. The molecule has 2 nitrogen and oxygen atoms in total. The fraction of sp³-hybridized carbons (Fsp3) is 0.333. The Balaban J connectivity index is 0.000000250. The normalized spacial score (nSPS) is 14.7. The summed E-state index contributed by atoms with van der Waals surface area (Å²) < 4.78 is 0. The van der Waals surface area contributed by atoms with Crippen LogP contribution in [0.25, 0.3) is 0 Å². The Morgan fingerprint density at radius 2 is 2.33 bits per heavy atom. The summed E-state index contributed by atoms with van der Waals surface area (Å²) in [7, 11) is 0. The average molecular weight is 92.1 g/mol. The number of hydrogen-bond acceptors (Lipinski definition) is 2. The Morgan fingerprint density at radius 1 is 1.50 bits per heavy atom. The van der Waals surface area contributed by atoms with Crippen molar-refractivity contribution in [3.63, 3.8) is 0 Å². The standard InChI is InChI=1S/C3H4N2.Na.H/c1-2-5-3-4-1;;/h1,3H,2H2;;. The van der Waals surface area contributed by atoms with Gasteiger partial charge in [0.2, 0.25) is 0 Å². The van der Waals surface area contributed by atoms with E-state index in [9.17, 15) is 0 Å². The van der Waals surface area contributed by atoms with Crippen molar-refractivity contribution in [1.82, 2.24) is 0 Å². The second-order valence-electron chi connectivity index (χ2n) is 0.812. The molecule has 6 heavy (non-hydrogen) atoms. The van der Waals surface area contributed by atoms with Gasteiger partial charge in [0.1, 0.15) is 6.34 Å². The summed E-state index contributed by atoms with van der Waals surface area (Å²) >= 11 is 0. The quantitative estimate of drug-likeness (QED) is 0.358. The molecule has 1 heterocycles. The van der Waals surface area contributed by atoms with Crippen molar-refractivity contribution < 1.29 is 0 Å². The van der Waals surface area contributed by atoms with Crippen LogP contribution in [0.1, 0.15) is 0 Å². The predicted octanol–water partition coefficient (Wildman–Crippen LogP) is -0.549. The molecule has 1 aliphatic rings. The van der Waals surface area contributed by atoms with E-state index in [-0.39, 0.29) is 29.6 Å². The van der Waals surface area contributed by atoms with E-state index in [1.165, 1.54) is 0 Å². The molecule has 0 fully saturated rings. The summed E-state index contributed by atoms with van der Waals surface area (Å²) in [6, 6.07) is 0. The molecule has 28 valence electrons. The Labute approximate surface area is 58.7 Å². The number of rotatable bonds is 0. The van der Waals surface area contributed by atoms with E-state index in [0.717, 1.165) is 6.54 Å². The summed E-state index contributed by atoms with van der Waals surface area (Å²) in [6.07, 6.45) is 3.32. The van der Waals surface area contributed by atoms with Crippen LogP contribution >= 0.6 is 0 Å². The van der Waals surface area contributed by atoms with Gasteiger partial charge in [0.15, 0.2) is 0 Å². The average Bonchev–Trinajstić information content (AvgIpc) is 1.76. The van der Waals surface area contributed by atoms with Gasteiger partial charge in [-0.25, -0.2) is 4.99 Å². The van der Waals surface area contributed by atoms with E-state index in [2.05, 4.69) is 9.98 Å². The van der Waals surface area contributed by atoms with Gasteiger partial charge in [-0.2, -0.15) is 0 Å². The van der Waals surface area contributed by atoms with Gasteiger partial charge in [-0.05, 0) is 0 Å². The first-order valence-corrected chi connectivity index (χ1v) is 1.50. The second-order valence-corrected chi connectivity index (χ2v) is 0.812. The Kier molecular flexibility index (Phi) is 3.73. The maximum absolute atomic E-state index is 3.74. The van der Waals surface area contributed by atoms with Crippen molar-refractivity contribution in [1.29, 1.82) is 0 Å². The number of hydrogen-bond donors (Lipinski definition) is 0. The minimum atomic E-state index is 0. The molecule has 0 aliphatic carbocycles. The van der Waals surface area contributed by atoms with Crippen molar-refractivity contribution >= 4 is 42.1 Å². The summed E-state index contributed by atoms with van der Waals surface area (Å²) in [6.45, 7) is 0.778. The van der Waals surface area contributed by atoms with Crippen LogP contribution < -0.4 is 0 Å². The van der Waals surface area contributed by atoms with E-state index in [0.29, 0.717) is 0 Å². The van der Waals surface area contributed by atoms with Gasteiger partial charge in [0.05, 0.1) is 6.54 Å². The molecule has 0 atom stereocenters. The summed E-state index contributed by atoms with van der Waals surface area (Å²) in [5.74, 6) is 0. The van der Waals surface area contributed by atoms with Crippen molar-refractivity contribution in [3.05, 3.63) is 0 Å². The topological polar surface area (TPSA) is 24.7 Å². The summed E-state index contributed by atoms with van der Waals surface area (Å²) in [5.41, 5.74) is 0. The van der Waals surface area contributed by atoms with Crippen LogP contribution in [0.3, 0.4) is 0 Å². The van der Waals surface area contributed by atoms with E-state index >= 15 is 0 Å². The van der Waals surface area contributed by atoms with Crippen LogP contribution in [0.5, 0.6) is 0 Å². The fourth-order valence-corrected chi connectivity index (χ4v) is 0.236. The van der Waals surface area contributed by atoms with Crippen LogP contribution in [-0.4, -0.2) is 48.7 Å². The zero-order chi connectivity index (χ0) is 3.54. The minimum absolute atomic E-state index is 0. The van der Waals surface area contributed by atoms with E-state index in [1.807, 2.05) is 0 Å². The monoisotopic (exact) mass is 92.0 g/mol. The molecule has 0 aromatic rings. The first-order chi connectivity index (χ1) is 2.50. The van der Waals surface area contributed by atoms with Gasteiger partial charge >= 0.3 is 29.6 Å². The molecule has 0 unspecified atom stereocenters. The van der Waals surface area contributed by atoms with Gasteiger partial charge in [-0.3, -0.25) is 4.99 Å². The molecule has 0 aromatic carbocycles. The van der Waals surface area contributed by atoms with Gasteiger partial charge in [-0.1, -0.05) is 0 Å². The van der Waals surface area contributed by atoms with E-state index in [1.54, 1.807) is 12.6 Å².